The van der Waals surface area contributed by atoms with Crippen LogP contribution in [0.2, 0.25) is 0 Å². The Kier molecular flexibility index (Phi) is 8.00. The molecule has 166 valence electrons. The van der Waals surface area contributed by atoms with Gasteiger partial charge in [0.25, 0.3) is 0 Å². The van der Waals surface area contributed by atoms with E-state index in [0.29, 0.717) is 12.4 Å². The molecule has 1 heterocycles. The summed E-state index contributed by atoms with van der Waals surface area (Å²) in [5.41, 5.74) is 1.15. The molecule has 0 atom stereocenters. The molecule has 0 aliphatic carbocycles. The number of hydrogen-bond donors (Lipinski definition) is 1. The quantitative estimate of drug-likeness (QED) is 0.635. The minimum atomic E-state index is -0.662. The summed E-state index contributed by atoms with van der Waals surface area (Å²) in [5, 5.41) is 3.08. The molecule has 2 aromatic rings. The van der Waals surface area contributed by atoms with Crippen molar-refractivity contribution in [2.45, 2.75) is 32.0 Å². The Bertz CT molecular complexity index is 881. The summed E-state index contributed by atoms with van der Waals surface area (Å²) in [5.74, 6) is -0.598. The maximum absolute atomic E-state index is 14.3. The predicted molar refractivity (Wildman–Crippen MR) is 117 cm³/mol. The van der Waals surface area contributed by atoms with Crippen molar-refractivity contribution in [3.05, 3.63) is 77.9 Å². The lowest BCUT2D eigenvalue weighted by Gasteiger charge is -2.32. The highest BCUT2D eigenvalue weighted by molar-refractivity contribution is 5.74. The molecule has 0 bridgehead atoms. The molecule has 5 nitrogen and oxygen atoms in total. The largest absolute Gasteiger partial charge is 0.490 e. The van der Waals surface area contributed by atoms with Gasteiger partial charge in [0.15, 0.2) is 0 Å². The van der Waals surface area contributed by atoms with E-state index in [9.17, 15) is 13.6 Å². The molecule has 1 aliphatic heterocycles. The van der Waals surface area contributed by atoms with Crippen LogP contribution in [0.5, 0.6) is 5.75 Å². The smallest absolute Gasteiger partial charge is 0.318 e. The average Bonchev–Trinajstić information content (AvgIpc) is 2.76. The number of benzene rings is 2. The number of amides is 2. The molecule has 0 radical (unpaired) electrons. The maximum atomic E-state index is 14.3. The zero-order valence-electron chi connectivity index (χ0n) is 17.8. The highest BCUT2D eigenvalue weighted by Crippen LogP contribution is 2.18. The van der Waals surface area contributed by atoms with E-state index >= 15 is 0 Å². The Labute approximate surface area is 182 Å². The third-order valence-electron chi connectivity index (χ3n) is 5.37. The molecular weight excluding hydrogens is 400 g/mol. The van der Waals surface area contributed by atoms with E-state index in [1.165, 1.54) is 12.1 Å². The number of carbonyl (C=O) groups is 1. The summed E-state index contributed by atoms with van der Waals surface area (Å²) in [6, 6.07) is 10.6. The van der Waals surface area contributed by atoms with Crippen LogP contribution in [-0.2, 0) is 13.1 Å². The van der Waals surface area contributed by atoms with Gasteiger partial charge < -0.3 is 19.9 Å². The summed E-state index contributed by atoms with van der Waals surface area (Å²) in [4.78, 5) is 16.8. The third kappa shape index (κ3) is 6.79. The van der Waals surface area contributed by atoms with Gasteiger partial charge in [-0.25, -0.2) is 13.6 Å². The van der Waals surface area contributed by atoms with Crippen molar-refractivity contribution >= 4 is 6.03 Å². The first-order chi connectivity index (χ1) is 14.9. The molecule has 7 heteroatoms. The van der Waals surface area contributed by atoms with Gasteiger partial charge in [-0.05, 0) is 56.7 Å². The van der Waals surface area contributed by atoms with Crippen molar-refractivity contribution in [3.63, 3.8) is 0 Å². The summed E-state index contributed by atoms with van der Waals surface area (Å²) < 4.78 is 33.1. The first kappa shape index (κ1) is 22.7. The monoisotopic (exact) mass is 429 g/mol. The van der Waals surface area contributed by atoms with Gasteiger partial charge in [-0.3, -0.25) is 0 Å². The van der Waals surface area contributed by atoms with Gasteiger partial charge in [-0.15, -0.1) is 0 Å². The molecule has 0 unspecified atom stereocenters. The Balaban J connectivity index is 1.72. The number of nitrogens with zero attached hydrogens (tertiary/aromatic N) is 2. The minimum Gasteiger partial charge on any atom is -0.490 e. The number of piperidine rings is 1. The molecule has 1 N–H and O–H groups in total. The number of urea groups is 1. The van der Waals surface area contributed by atoms with Crippen LogP contribution in [0.4, 0.5) is 13.6 Å². The lowest BCUT2D eigenvalue weighted by Crippen LogP contribution is -2.48. The summed E-state index contributed by atoms with van der Waals surface area (Å²) in [6.07, 6.45) is 3.41. The summed E-state index contributed by atoms with van der Waals surface area (Å²) in [7, 11) is 2.06. The van der Waals surface area contributed by atoms with Crippen molar-refractivity contribution in [1.29, 1.82) is 0 Å². The number of halogens is 2. The highest BCUT2D eigenvalue weighted by Gasteiger charge is 2.23. The van der Waals surface area contributed by atoms with Crippen LogP contribution in [0.15, 0.2) is 55.1 Å². The van der Waals surface area contributed by atoms with Crippen LogP contribution in [0.3, 0.4) is 0 Å². The number of rotatable bonds is 8. The van der Waals surface area contributed by atoms with Gasteiger partial charge in [-0.2, -0.15) is 0 Å². The second-order valence-electron chi connectivity index (χ2n) is 7.86. The van der Waals surface area contributed by atoms with Crippen molar-refractivity contribution in [2.75, 3.05) is 26.7 Å². The van der Waals surface area contributed by atoms with Crippen molar-refractivity contribution in [2.24, 2.45) is 0 Å². The fourth-order valence-corrected chi connectivity index (χ4v) is 3.54. The molecular formula is C24H29F2N3O2. The standard InChI is InChI=1S/C24H29F2N3O2/c1-3-14-31-22-8-4-18(5-9-22)16-29(17-19-6-7-20(25)15-23(19)26)24(30)27-21-10-12-28(2)13-11-21/h3-9,15,21H,1,10-14,16-17H2,2H3,(H,27,30). The van der Waals surface area contributed by atoms with Gasteiger partial charge in [-0.1, -0.05) is 30.9 Å². The first-order valence-corrected chi connectivity index (χ1v) is 10.4. The minimum absolute atomic E-state index is 0.0410. The van der Waals surface area contributed by atoms with E-state index in [0.717, 1.165) is 37.6 Å². The number of nitrogens with one attached hydrogen (secondary N) is 1. The molecule has 0 saturated carbocycles. The van der Waals surface area contributed by atoms with Crippen LogP contribution in [-0.4, -0.2) is 48.6 Å². The first-order valence-electron chi connectivity index (χ1n) is 10.4. The van der Waals surface area contributed by atoms with Crippen LogP contribution in [0.1, 0.15) is 24.0 Å². The zero-order chi connectivity index (χ0) is 22.2. The Morgan fingerprint density at radius 2 is 1.90 bits per heavy atom. The zero-order valence-corrected chi connectivity index (χ0v) is 17.8. The normalized spacial score (nSPS) is 14.8. The molecule has 3 rings (SSSR count). The summed E-state index contributed by atoms with van der Waals surface area (Å²) >= 11 is 0. The van der Waals surface area contributed by atoms with E-state index in [1.807, 2.05) is 24.3 Å². The molecule has 2 aromatic carbocycles. The number of ether oxygens (including phenoxy) is 1. The predicted octanol–water partition coefficient (Wildman–Crippen LogP) is 4.34. The van der Waals surface area contributed by atoms with E-state index < -0.39 is 11.6 Å². The number of carbonyl (C=O) groups excluding carboxylic acids is 1. The van der Waals surface area contributed by atoms with Crippen molar-refractivity contribution in [3.8, 4) is 5.75 Å². The maximum Gasteiger partial charge on any atom is 0.318 e. The fourth-order valence-electron chi connectivity index (χ4n) is 3.54. The van der Waals surface area contributed by atoms with E-state index in [2.05, 4.69) is 23.8 Å². The van der Waals surface area contributed by atoms with Gasteiger partial charge in [0.2, 0.25) is 0 Å². The Morgan fingerprint density at radius 3 is 2.55 bits per heavy atom. The molecule has 0 aromatic heterocycles. The van der Waals surface area contributed by atoms with Crippen LogP contribution < -0.4 is 10.1 Å². The molecule has 1 aliphatic rings. The van der Waals surface area contributed by atoms with E-state index in [-0.39, 0.29) is 30.7 Å². The molecule has 2 amide bonds. The van der Waals surface area contributed by atoms with Crippen molar-refractivity contribution in [1.82, 2.24) is 15.1 Å². The second kappa shape index (κ2) is 10.9. The SMILES string of the molecule is C=CCOc1ccc(CN(Cc2ccc(F)cc2F)C(=O)NC2CCN(C)CC2)cc1. The van der Waals surface area contributed by atoms with Gasteiger partial charge in [0.1, 0.15) is 24.0 Å². The average molecular weight is 430 g/mol. The topological polar surface area (TPSA) is 44.8 Å². The number of hydrogen-bond acceptors (Lipinski definition) is 3. The third-order valence-corrected chi connectivity index (χ3v) is 5.37. The van der Waals surface area contributed by atoms with Crippen LogP contribution in [0, 0.1) is 11.6 Å². The van der Waals surface area contributed by atoms with E-state index in [1.54, 1.807) is 11.0 Å². The molecule has 0 spiro atoms. The van der Waals surface area contributed by atoms with E-state index in [4.69, 9.17) is 4.74 Å². The Hall–Kier alpha value is -2.93. The Morgan fingerprint density at radius 1 is 1.19 bits per heavy atom. The van der Waals surface area contributed by atoms with Gasteiger partial charge in [0.05, 0.1) is 6.54 Å². The molecule has 1 saturated heterocycles. The lowest BCUT2D eigenvalue weighted by molar-refractivity contribution is 0.175. The highest BCUT2D eigenvalue weighted by atomic mass is 19.1. The van der Waals surface area contributed by atoms with Crippen molar-refractivity contribution < 1.29 is 18.3 Å². The van der Waals surface area contributed by atoms with Gasteiger partial charge >= 0.3 is 6.03 Å². The van der Waals surface area contributed by atoms with Crippen LogP contribution in [0.25, 0.3) is 0 Å². The number of likely N-dealkylation sites (tertiary alicyclic amines) is 1. The fraction of sp³-hybridized carbons (Fsp3) is 0.375. The summed E-state index contributed by atoms with van der Waals surface area (Å²) in [6.45, 7) is 6.20. The van der Waals surface area contributed by atoms with Gasteiger partial charge in [0, 0.05) is 24.2 Å². The molecule has 31 heavy (non-hydrogen) atoms. The lowest BCUT2D eigenvalue weighted by atomic mass is 10.1. The molecule has 1 fully saturated rings. The second-order valence-corrected chi connectivity index (χ2v) is 7.86. The van der Waals surface area contributed by atoms with Crippen LogP contribution >= 0.6 is 0 Å².